The van der Waals surface area contributed by atoms with E-state index in [1.807, 2.05) is 18.2 Å². The SMILES string of the molecule is O=C(O)c1cc(-c2ccc(C3CCCN3)c(Cl)c2)ncn1. The number of aromatic nitrogens is 2. The van der Waals surface area contributed by atoms with Gasteiger partial charge in [0.2, 0.25) is 0 Å². The Balaban J connectivity index is 1.94. The number of carboxylic acid groups (broad SMARTS) is 1. The lowest BCUT2D eigenvalue weighted by atomic mass is 10.0. The molecular formula is C15H14ClN3O2. The molecule has 1 aliphatic rings. The molecule has 1 fully saturated rings. The lowest BCUT2D eigenvalue weighted by molar-refractivity contribution is 0.0690. The number of hydrogen-bond acceptors (Lipinski definition) is 4. The van der Waals surface area contributed by atoms with Gasteiger partial charge >= 0.3 is 5.97 Å². The van der Waals surface area contributed by atoms with E-state index < -0.39 is 5.97 Å². The van der Waals surface area contributed by atoms with Gasteiger partial charge in [-0.2, -0.15) is 0 Å². The number of carboxylic acids is 1. The van der Waals surface area contributed by atoms with Gasteiger partial charge in [-0.25, -0.2) is 14.8 Å². The van der Waals surface area contributed by atoms with Crippen molar-refractivity contribution in [1.82, 2.24) is 15.3 Å². The molecule has 0 spiro atoms. The summed E-state index contributed by atoms with van der Waals surface area (Å²) in [5.74, 6) is -1.07. The molecule has 0 bridgehead atoms. The van der Waals surface area contributed by atoms with Gasteiger partial charge in [0, 0.05) is 16.6 Å². The number of rotatable bonds is 3. The van der Waals surface area contributed by atoms with Crippen molar-refractivity contribution < 1.29 is 9.90 Å². The van der Waals surface area contributed by atoms with E-state index in [2.05, 4.69) is 15.3 Å². The van der Waals surface area contributed by atoms with E-state index >= 15 is 0 Å². The number of halogens is 1. The van der Waals surface area contributed by atoms with Crippen molar-refractivity contribution in [2.45, 2.75) is 18.9 Å². The van der Waals surface area contributed by atoms with E-state index in [9.17, 15) is 4.79 Å². The van der Waals surface area contributed by atoms with Crippen molar-refractivity contribution >= 4 is 17.6 Å². The minimum atomic E-state index is -1.07. The van der Waals surface area contributed by atoms with Gasteiger partial charge in [0.05, 0.1) is 5.69 Å². The number of nitrogens with one attached hydrogen (secondary N) is 1. The first-order valence-corrected chi connectivity index (χ1v) is 7.11. The van der Waals surface area contributed by atoms with Crippen LogP contribution >= 0.6 is 11.6 Å². The Kier molecular flexibility index (Phi) is 3.86. The van der Waals surface area contributed by atoms with Gasteiger partial charge < -0.3 is 10.4 Å². The fraction of sp³-hybridized carbons (Fsp3) is 0.267. The van der Waals surface area contributed by atoms with Crippen LogP contribution in [0.2, 0.25) is 5.02 Å². The molecule has 21 heavy (non-hydrogen) atoms. The van der Waals surface area contributed by atoms with Gasteiger partial charge in [0.1, 0.15) is 6.33 Å². The van der Waals surface area contributed by atoms with Crippen LogP contribution in [0.4, 0.5) is 0 Å². The summed E-state index contributed by atoms with van der Waals surface area (Å²) in [6, 6.07) is 7.46. The molecule has 0 aliphatic carbocycles. The zero-order valence-corrected chi connectivity index (χ0v) is 12.0. The highest BCUT2D eigenvalue weighted by Crippen LogP contribution is 2.32. The maximum absolute atomic E-state index is 11.0. The van der Waals surface area contributed by atoms with Crippen LogP contribution in [0, 0.1) is 0 Å². The third-order valence-corrected chi connectivity index (χ3v) is 3.95. The molecule has 6 heteroatoms. The Bertz CT molecular complexity index is 684. The fourth-order valence-electron chi connectivity index (χ4n) is 2.55. The maximum atomic E-state index is 11.0. The molecule has 1 aromatic heterocycles. The highest BCUT2D eigenvalue weighted by Gasteiger charge is 2.19. The maximum Gasteiger partial charge on any atom is 0.354 e. The van der Waals surface area contributed by atoms with Crippen molar-refractivity contribution in [2.24, 2.45) is 0 Å². The Hall–Kier alpha value is -1.98. The predicted octanol–water partition coefficient (Wildman–Crippen LogP) is 2.92. The smallest absolute Gasteiger partial charge is 0.354 e. The lowest BCUT2D eigenvalue weighted by Crippen LogP contribution is -2.13. The molecule has 2 N–H and O–H groups in total. The number of benzene rings is 1. The zero-order valence-electron chi connectivity index (χ0n) is 11.2. The van der Waals surface area contributed by atoms with Crippen LogP contribution in [0.5, 0.6) is 0 Å². The van der Waals surface area contributed by atoms with Crippen molar-refractivity contribution in [3.8, 4) is 11.3 Å². The minimum Gasteiger partial charge on any atom is -0.477 e. The van der Waals surface area contributed by atoms with E-state index in [0.29, 0.717) is 16.8 Å². The van der Waals surface area contributed by atoms with E-state index in [4.69, 9.17) is 16.7 Å². The Morgan fingerprint density at radius 2 is 2.19 bits per heavy atom. The molecule has 2 aromatic rings. The third kappa shape index (κ3) is 2.89. The summed E-state index contributed by atoms with van der Waals surface area (Å²) >= 11 is 6.36. The van der Waals surface area contributed by atoms with Gasteiger partial charge in [-0.1, -0.05) is 23.7 Å². The van der Waals surface area contributed by atoms with Crippen molar-refractivity contribution in [3.05, 3.63) is 46.9 Å². The molecule has 3 rings (SSSR count). The monoisotopic (exact) mass is 303 g/mol. The molecule has 1 saturated heterocycles. The van der Waals surface area contributed by atoms with E-state index in [0.717, 1.165) is 30.5 Å². The molecular weight excluding hydrogens is 290 g/mol. The van der Waals surface area contributed by atoms with Crippen LogP contribution in [-0.2, 0) is 0 Å². The van der Waals surface area contributed by atoms with Gasteiger partial charge in [0.25, 0.3) is 0 Å². The van der Waals surface area contributed by atoms with Crippen LogP contribution in [0.25, 0.3) is 11.3 Å². The molecule has 108 valence electrons. The van der Waals surface area contributed by atoms with Gasteiger partial charge in [-0.05, 0) is 37.1 Å². The first-order chi connectivity index (χ1) is 10.1. The minimum absolute atomic E-state index is 0.0299. The second-order valence-corrected chi connectivity index (χ2v) is 5.39. The number of carbonyl (C=O) groups is 1. The molecule has 2 heterocycles. The Labute approximate surface area is 127 Å². The number of aromatic carboxylic acids is 1. The summed E-state index contributed by atoms with van der Waals surface area (Å²) in [4.78, 5) is 18.8. The largest absolute Gasteiger partial charge is 0.477 e. The highest BCUT2D eigenvalue weighted by molar-refractivity contribution is 6.31. The highest BCUT2D eigenvalue weighted by atomic mass is 35.5. The molecule has 1 atom stereocenters. The second-order valence-electron chi connectivity index (χ2n) is 4.98. The molecule has 0 amide bonds. The molecule has 5 nitrogen and oxygen atoms in total. The molecule has 1 aromatic carbocycles. The average Bonchev–Trinajstić information content (AvgIpc) is 3.01. The Morgan fingerprint density at radius 3 is 2.86 bits per heavy atom. The molecule has 1 unspecified atom stereocenters. The Morgan fingerprint density at radius 1 is 1.33 bits per heavy atom. The second kappa shape index (κ2) is 5.79. The normalized spacial score (nSPS) is 17.9. The van der Waals surface area contributed by atoms with Crippen LogP contribution < -0.4 is 5.32 Å². The molecule has 1 aliphatic heterocycles. The van der Waals surface area contributed by atoms with Crippen LogP contribution in [0.15, 0.2) is 30.6 Å². The first-order valence-electron chi connectivity index (χ1n) is 6.73. The number of nitrogens with zero attached hydrogens (tertiary/aromatic N) is 2. The van der Waals surface area contributed by atoms with Crippen molar-refractivity contribution in [3.63, 3.8) is 0 Å². The van der Waals surface area contributed by atoms with Gasteiger partial charge in [0.15, 0.2) is 5.69 Å². The zero-order chi connectivity index (χ0) is 14.8. The van der Waals surface area contributed by atoms with Gasteiger partial charge in [-0.15, -0.1) is 0 Å². The first kappa shape index (κ1) is 14.0. The summed E-state index contributed by atoms with van der Waals surface area (Å²) in [6.45, 7) is 1.01. The van der Waals surface area contributed by atoms with E-state index in [1.54, 1.807) is 0 Å². The summed E-state index contributed by atoms with van der Waals surface area (Å²) < 4.78 is 0. The predicted molar refractivity (Wildman–Crippen MR) is 79.4 cm³/mol. The topological polar surface area (TPSA) is 75.1 Å². The van der Waals surface area contributed by atoms with Crippen LogP contribution in [0.1, 0.15) is 34.9 Å². The quantitative estimate of drug-likeness (QED) is 0.912. The average molecular weight is 304 g/mol. The summed E-state index contributed by atoms with van der Waals surface area (Å²) in [7, 11) is 0. The standard InChI is InChI=1S/C15H14ClN3O2/c16-11-6-9(3-4-10(11)12-2-1-5-17-12)13-7-14(15(20)21)19-8-18-13/h3-4,6-8,12,17H,1-2,5H2,(H,20,21). The third-order valence-electron chi connectivity index (χ3n) is 3.62. The van der Waals surface area contributed by atoms with E-state index in [1.165, 1.54) is 12.4 Å². The molecule has 0 saturated carbocycles. The van der Waals surface area contributed by atoms with Crippen LogP contribution in [0.3, 0.4) is 0 Å². The van der Waals surface area contributed by atoms with Crippen LogP contribution in [-0.4, -0.2) is 27.6 Å². The van der Waals surface area contributed by atoms with Crippen molar-refractivity contribution in [1.29, 1.82) is 0 Å². The van der Waals surface area contributed by atoms with Gasteiger partial charge in [-0.3, -0.25) is 0 Å². The van der Waals surface area contributed by atoms with E-state index in [-0.39, 0.29) is 5.69 Å². The fourth-order valence-corrected chi connectivity index (χ4v) is 2.86. The number of hydrogen-bond donors (Lipinski definition) is 2. The van der Waals surface area contributed by atoms with Crippen molar-refractivity contribution in [2.75, 3.05) is 6.54 Å². The summed E-state index contributed by atoms with van der Waals surface area (Å²) in [5, 5.41) is 13.1. The lowest BCUT2D eigenvalue weighted by Gasteiger charge is -2.13. The summed E-state index contributed by atoms with van der Waals surface area (Å²) in [6.07, 6.45) is 3.48. The summed E-state index contributed by atoms with van der Waals surface area (Å²) in [5.41, 5.74) is 2.38. The molecule has 0 radical (unpaired) electrons.